The average Bonchev–Trinajstić information content (AvgIpc) is 3.71. The van der Waals surface area contributed by atoms with E-state index in [0.717, 1.165) is 18.7 Å². The number of rotatable bonds is 12. The Morgan fingerprint density at radius 1 is 0.952 bits per heavy atom. The van der Waals surface area contributed by atoms with Gasteiger partial charge in [0.1, 0.15) is 23.8 Å². The SMILES string of the molecule is COc1ccc(NC(=O)N(CCN2CCOCC2)CC(=O)N(Cc2ccc3c(c2)OCO3)Cc2ccco2)c(OC)c1. The van der Waals surface area contributed by atoms with E-state index in [-0.39, 0.29) is 25.8 Å². The Bertz CT molecular complexity index is 1340. The number of urea groups is 1. The van der Waals surface area contributed by atoms with Gasteiger partial charge in [-0.25, -0.2) is 4.79 Å². The molecule has 2 aliphatic rings. The van der Waals surface area contributed by atoms with E-state index in [1.807, 2.05) is 24.3 Å². The molecule has 0 unspecified atom stereocenters. The number of anilines is 1. The molecule has 0 aliphatic carbocycles. The molecule has 0 saturated carbocycles. The van der Waals surface area contributed by atoms with Crippen molar-refractivity contribution in [2.45, 2.75) is 13.1 Å². The molecule has 42 heavy (non-hydrogen) atoms. The zero-order valence-corrected chi connectivity index (χ0v) is 23.9. The van der Waals surface area contributed by atoms with Gasteiger partial charge >= 0.3 is 6.03 Å². The van der Waals surface area contributed by atoms with Crippen LogP contribution in [0.3, 0.4) is 0 Å². The molecule has 0 spiro atoms. The standard InChI is InChI=1S/C30H36N4O8/c1-37-23-6-7-25(27(17-23)38-2)31-30(36)33(10-9-32-11-14-39-15-12-32)20-29(35)34(19-24-4-3-13-40-24)18-22-5-8-26-28(16-22)42-21-41-26/h3-8,13,16-17H,9-12,14-15,18-21H2,1-2H3,(H,31,36). The molecule has 1 N–H and O–H groups in total. The molecule has 12 nitrogen and oxygen atoms in total. The summed E-state index contributed by atoms with van der Waals surface area (Å²) in [5.41, 5.74) is 1.34. The van der Waals surface area contributed by atoms with Gasteiger partial charge in [0.25, 0.3) is 0 Å². The number of amides is 3. The summed E-state index contributed by atoms with van der Waals surface area (Å²) in [6.45, 7) is 4.32. The van der Waals surface area contributed by atoms with Gasteiger partial charge in [0.2, 0.25) is 12.7 Å². The van der Waals surface area contributed by atoms with Crippen LogP contribution in [0.15, 0.2) is 59.2 Å². The number of benzene rings is 2. The van der Waals surface area contributed by atoms with Crippen LogP contribution in [0, 0.1) is 0 Å². The van der Waals surface area contributed by atoms with Crippen LogP contribution < -0.4 is 24.3 Å². The van der Waals surface area contributed by atoms with E-state index in [9.17, 15) is 9.59 Å². The second kappa shape index (κ2) is 14.0. The maximum Gasteiger partial charge on any atom is 0.322 e. The Labute approximate surface area is 244 Å². The van der Waals surface area contributed by atoms with Gasteiger partial charge in [-0.1, -0.05) is 6.07 Å². The fourth-order valence-electron chi connectivity index (χ4n) is 4.78. The summed E-state index contributed by atoms with van der Waals surface area (Å²) in [6, 6.07) is 13.9. The van der Waals surface area contributed by atoms with Gasteiger partial charge < -0.3 is 43.2 Å². The van der Waals surface area contributed by atoms with Crippen molar-refractivity contribution in [2.75, 3.05) is 72.3 Å². The van der Waals surface area contributed by atoms with Crippen molar-refractivity contribution in [2.24, 2.45) is 0 Å². The number of morpholine rings is 1. The molecule has 224 valence electrons. The molecular formula is C30H36N4O8. The van der Waals surface area contributed by atoms with Crippen molar-refractivity contribution in [1.82, 2.24) is 14.7 Å². The van der Waals surface area contributed by atoms with Gasteiger partial charge in [-0.15, -0.1) is 0 Å². The number of methoxy groups -OCH3 is 2. The first-order valence-corrected chi connectivity index (χ1v) is 13.8. The highest BCUT2D eigenvalue weighted by Crippen LogP contribution is 2.33. The van der Waals surface area contributed by atoms with Crippen LogP contribution in [-0.4, -0.2) is 93.6 Å². The maximum absolute atomic E-state index is 13.9. The number of ether oxygens (including phenoxy) is 5. The monoisotopic (exact) mass is 580 g/mol. The fourth-order valence-corrected chi connectivity index (χ4v) is 4.78. The predicted octanol–water partition coefficient (Wildman–Crippen LogP) is 3.42. The fraction of sp³-hybridized carbons (Fsp3) is 0.400. The summed E-state index contributed by atoms with van der Waals surface area (Å²) < 4.78 is 32.7. The first kappa shape index (κ1) is 29.1. The van der Waals surface area contributed by atoms with E-state index >= 15 is 0 Å². The van der Waals surface area contributed by atoms with Gasteiger partial charge in [0.15, 0.2) is 11.5 Å². The summed E-state index contributed by atoms with van der Waals surface area (Å²) in [5, 5.41) is 2.91. The molecule has 3 heterocycles. The molecule has 2 aliphatic heterocycles. The maximum atomic E-state index is 13.9. The molecule has 0 atom stereocenters. The largest absolute Gasteiger partial charge is 0.497 e. The van der Waals surface area contributed by atoms with E-state index in [4.69, 9.17) is 28.1 Å². The Morgan fingerprint density at radius 3 is 2.55 bits per heavy atom. The number of nitrogens with zero attached hydrogens (tertiary/aromatic N) is 3. The van der Waals surface area contributed by atoms with Crippen molar-refractivity contribution in [1.29, 1.82) is 0 Å². The van der Waals surface area contributed by atoms with E-state index in [1.165, 1.54) is 12.0 Å². The summed E-state index contributed by atoms with van der Waals surface area (Å²) in [6.07, 6.45) is 1.57. The minimum atomic E-state index is -0.416. The number of fused-ring (bicyclic) bond motifs is 1. The second-order valence-electron chi connectivity index (χ2n) is 9.89. The van der Waals surface area contributed by atoms with Gasteiger partial charge in [-0.3, -0.25) is 9.69 Å². The minimum Gasteiger partial charge on any atom is -0.497 e. The summed E-state index contributed by atoms with van der Waals surface area (Å²) >= 11 is 0. The summed E-state index contributed by atoms with van der Waals surface area (Å²) in [5.74, 6) is 2.75. The highest BCUT2D eigenvalue weighted by Gasteiger charge is 2.25. The van der Waals surface area contributed by atoms with Crippen molar-refractivity contribution in [3.05, 3.63) is 66.1 Å². The quantitative estimate of drug-likeness (QED) is 0.344. The molecule has 12 heteroatoms. The first-order chi connectivity index (χ1) is 20.5. The third-order valence-electron chi connectivity index (χ3n) is 7.14. The van der Waals surface area contributed by atoms with Crippen molar-refractivity contribution in [3.8, 4) is 23.0 Å². The molecule has 1 saturated heterocycles. The van der Waals surface area contributed by atoms with Gasteiger partial charge in [0, 0.05) is 38.8 Å². The Hall–Kier alpha value is -4.42. The van der Waals surface area contributed by atoms with Crippen LogP contribution in [0.5, 0.6) is 23.0 Å². The van der Waals surface area contributed by atoms with Gasteiger partial charge in [-0.05, 0) is 42.0 Å². The lowest BCUT2D eigenvalue weighted by Crippen LogP contribution is -2.48. The Balaban J connectivity index is 1.34. The number of furan rings is 1. The highest BCUT2D eigenvalue weighted by molar-refractivity contribution is 5.93. The molecule has 3 aromatic rings. The van der Waals surface area contributed by atoms with Gasteiger partial charge in [0.05, 0.1) is 45.9 Å². The molecule has 1 fully saturated rings. The minimum absolute atomic E-state index is 0.139. The summed E-state index contributed by atoms with van der Waals surface area (Å²) in [4.78, 5) is 32.9. The normalized spacial score (nSPS) is 14.3. The lowest BCUT2D eigenvalue weighted by atomic mass is 10.2. The predicted molar refractivity (Wildman–Crippen MR) is 153 cm³/mol. The number of nitrogens with one attached hydrogen (secondary N) is 1. The van der Waals surface area contributed by atoms with Crippen LogP contribution in [0.25, 0.3) is 0 Å². The van der Waals surface area contributed by atoms with Crippen LogP contribution in [-0.2, 0) is 22.6 Å². The topological polar surface area (TPSA) is 115 Å². The summed E-state index contributed by atoms with van der Waals surface area (Å²) in [7, 11) is 3.08. The third-order valence-corrected chi connectivity index (χ3v) is 7.14. The lowest BCUT2D eigenvalue weighted by molar-refractivity contribution is -0.133. The number of hydrogen-bond donors (Lipinski definition) is 1. The molecule has 1 aromatic heterocycles. The smallest absolute Gasteiger partial charge is 0.322 e. The average molecular weight is 581 g/mol. The van der Waals surface area contributed by atoms with Crippen LogP contribution in [0.1, 0.15) is 11.3 Å². The Kier molecular flexibility index (Phi) is 9.67. The van der Waals surface area contributed by atoms with Crippen molar-refractivity contribution in [3.63, 3.8) is 0 Å². The lowest BCUT2D eigenvalue weighted by Gasteiger charge is -2.31. The Morgan fingerprint density at radius 2 is 1.79 bits per heavy atom. The van der Waals surface area contributed by atoms with Crippen molar-refractivity contribution >= 4 is 17.6 Å². The molecule has 0 bridgehead atoms. The van der Waals surface area contributed by atoms with Crippen LogP contribution in [0.4, 0.5) is 10.5 Å². The molecule has 5 rings (SSSR count). The molecule has 3 amide bonds. The number of carbonyl (C=O) groups is 2. The molecule has 0 radical (unpaired) electrons. The van der Waals surface area contributed by atoms with E-state index in [0.29, 0.717) is 67.3 Å². The first-order valence-electron chi connectivity index (χ1n) is 13.8. The van der Waals surface area contributed by atoms with Crippen molar-refractivity contribution < 1.29 is 37.7 Å². The van der Waals surface area contributed by atoms with E-state index in [1.54, 1.807) is 42.5 Å². The van der Waals surface area contributed by atoms with Crippen LogP contribution >= 0.6 is 0 Å². The zero-order valence-electron chi connectivity index (χ0n) is 23.9. The second-order valence-corrected chi connectivity index (χ2v) is 9.89. The van der Waals surface area contributed by atoms with E-state index in [2.05, 4.69) is 10.2 Å². The third kappa shape index (κ3) is 7.45. The van der Waals surface area contributed by atoms with Gasteiger partial charge in [-0.2, -0.15) is 0 Å². The number of carbonyl (C=O) groups excluding carboxylic acids is 2. The highest BCUT2D eigenvalue weighted by atomic mass is 16.7. The molecular weight excluding hydrogens is 544 g/mol. The molecule has 2 aromatic carbocycles. The number of hydrogen-bond acceptors (Lipinski definition) is 9. The zero-order chi connectivity index (χ0) is 29.3. The van der Waals surface area contributed by atoms with E-state index < -0.39 is 6.03 Å². The van der Waals surface area contributed by atoms with Crippen LogP contribution in [0.2, 0.25) is 0 Å².